The van der Waals surface area contributed by atoms with Gasteiger partial charge in [-0.1, -0.05) is 17.7 Å². The van der Waals surface area contributed by atoms with Gasteiger partial charge in [-0.25, -0.2) is 0 Å². The zero-order valence-electron chi connectivity index (χ0n) is 14.8. The maximum absolute atomic E-state index is 12.7. The average Bonchev–Trinajstić information content (AvgIpc) is 3.35. The molecule has 1 aromatic carbocycles. The van der Waals surface area contributed by atoms with Gasteiger partial charge in [0.2, 0.25) is 5.91 Å². The Labute approximate surface area is 166 Å². The molecule has 1 amide bonds. The van der Waals surface area contributed by atoms with Crippen LogP contribution in [0.3, 0.4) is 0 Å². The minimum absolute atomic E-state index is 0.00916. The van der Waals surface area contributed by atoms with E-state index in [4.69, 9.17) is 16.0 Å². The van der Waals surface area contributed by atoms with Crippen LogP contribution in [0, 0.1) is 0 Å². The van der Waals surface area contributed by atoms with Crippen LogP contribution in [0.25, 0.3) is 21.5 Å². The van der Waals surface area contributed by atoms with Crippen LogP contribution in [0.1, 0.15) is 12.7 Å². The molecule has 0 aliphatic carbocycles. The van der Waals surface area contributed by atoms with Gasteiger partial charge in [-0.3, -0.25) is 4.79 Å². The van der Waals surface area contributed by atoms with Crippen LogP contribution < -0.4 is 5.32 Å². The molecule has 0 bridgehead atoms. The molecule has 4 aromatic rings. The summed E-state index contributed by atoms with van der Waals surface area (Å²) in [5.74, 6) is 0.836. The molecule has 6 heteroatoms. The summed E-state index contributed by atoms with van der Waals surface area (Å²) in [7, 11) is 0. The summed E-state index contributed by atoms with van der Waals surface area (Å²) >= 11 is 7.81. The first-order valence-corrected chi connectivity index (χ1v) is 10.0. The SMILES string of the molecule is C[C@@H](Cc1ccco1)NC(=O)Cn1c(-c2cccs2)cc2cc(Cl)ccc21. The van der Waals surface area contributed by atoms with Crippen LogP contribution in [0.15, 0.2) is 64.6 Å². The molecule has 0 radical (unpaired) electrons. The van der Waals surface area contributed by atoms with E-state index >= 15 is 0 Å². The van der Waals surface area contributed by atoms with Crippen molar-refractivity contribution < 1.29 is 9.21 Å². The zero-order chi connectivity index (χ0) is 18.8. The predicted octanol–water partition coefficient (Wildman–Crippen LogP) is 5.36. The molecule has 1 N–H and O–H groups in total. The molecule has 4 nitrogen and oxygen atoms in total. The lowest BCUT2D eigenvalue weighted by Crippen LogP contribution is -2.36. The maximum Gasteiger partial charge on any atom is 0.240 e. The Morgan fingerprint density at radius 2 is 2.15 bits per heavy atom. The topological polar surface area (TPSA) is 47.2 Å². The van der Waals surface area contributed by atoms with E-state index in [-0.39, 0.29) is 18.5 Å². The number of carbonyl (C=O) groups excluding carboxylic acids is 1. The first-order chi connectivity index (χ1) is 13.1. The van der Waals surface area contributed by atoms with Crippen molar-refractivity contribution in [3.63, 3.8) is 0 Å². The fraction of sp³-hybridized carbons (Fsp3) is 0.190. The molecule has 0 saturated carbocycles. The number of nitrogens with one attached hydrogen (secondary N) is 1. The van der Waals surface area contributed by atoms with Gasteiger partial charge in [-0.05, 0) is 54.8 Å². The van der Waals surface area contributed by atoms with Gasteiger partial charge < -0.3 is 14.3 Å². The van der Waals surface area contributed by atoms with Gasteiger partial charge in [0.25, 0.3) is 0 Å². The number of hydrogen-bond acceptors (Lipinski definition) is 3. The lowest BCUT2D eigenvalue weighted by molar-refractivity contribution is -0.122. The fourth-order valence-corrected chi connectivity index (χ4v) is 4.22. The number of nitrogens with zero attached hydrogens (tertiary/aromatic N) is 1. The summed E-state index contributed by atoms with van der Waals surface area (Å²) in [4.78, 5) is 13.8. The van der Waals surface area contributed by atoms with Crippen LogP contribution >= 0.6 is 22.9 Å². The molecule has 4 rings (SSSR count). The highest BCUT2D eigenvalue weighted by atomic mass is 35.5. The number of fused-ring (bicyclic) bond motifs is 1. The van der Waals surface area contributed by atoms with Gasteiger partial charge in [0.05, 0.1) is 16.8 Å². The first kappa shape index (κ1) is 17.9. The molecule has 3 heterocycles. The van der Waals surface area contributed by atoms with Crippen molar-refractivity contribution in [3.05, 3.63) is 71.0 Å². The maximum atomic E-state index is 12.7. The molecule has 0 saturated heterocycles. The summed E-state index contributed by atoms with van der Waals surface area (Å²) in [5.41, 5.74) is 2.02. The highest BCUT2D eigenvalue weighted by Crippen LogP contribution is 2.32. The largest absolute Gasteiger partial charge is 0.469 e. The fourth-order valence-electron chi connectivity index (χ4n) is 3.29. The summed E-state index contributed by atoms with van der Waals surface area (Å²) in [6, 6.07) is 15.7. The Balaban J connectivity index is 1.58. The molecule has 0 aliphatic heterocycles. The summed E-state index contributed by atoms with van der Waals surface area (Å²) < 4.78 is 7.41. The van der Waals surface area contributed by atoms with E-state index in [1.165, 1.54) is 0 Å². The predicted molar refractivity (Wildman–Crippen MR) is 110 cm³/mol. The van der Waals surface area contributed by atoms with Gasteiger partial charge in [0.15, 0.2) is 0 Å². The van der Waals surface area contributed by atoms with E-state index < -0.39 is 0 Å². The second kappa shape index (κ2) is 7.62. The highest BCUT2D eigenvalue weighted by molar-refractivity contribution is 7.13. The average molecular weight is 399 g/mol. The highest BCUT2D eigenvalue weighted by Gasteiger charge is 2.16. The van der Waals surface area contributed by atoms with Crippen molar-refractivity contribution in [1.82, 2.24) is 9.88 Å². The number of thiophene rings is 1. The van der Waals surface area contributed by atoms with Gasteiger partial charge in [0.1, 0.15) is 12.3 Å². The van der Waals surface area contributed by atoms with Crippen molar-refractivity contribution >= 4 is 39.7 Å². The molecule has 27 heavy (non-hydrogen) atoms. The van der Waals surface area contributed by atoms with E-state index in [0.29, 0.717) is 11.4 Å². The second-order valence-corrected chi connectivity index (χ2v) is 7.93. The van der Waals surface area contributed by atoms with E-state index in [1.807, 2.05) is 53.3 Å². The molecule has 3 aromatic heterocycles. The van der Waals surface area contributed by atoms with E-state index in [0.717, 1.165) is 27.2 Å². The smallest absolute Gasteiger partial charge is 0.240 e. The van der Waals surface area contributed by atoms with Gasteiger partial charge in [-0.2, -0.15) is 0 Å². The van der Waals surface area contributed by atoms with Crippen LogP contribution in [0.5, 0.6) is 0 Å². The number of rotatable bonds is 6. The van der Waals surface area contributed by atoms with E-state index in [1.54, 1.807) is 17.6 Å². The molecule has 0 spiro atoms. The van der Waals surface area contributed by atoms with Crippen molar-refractivity contribution in [1.29, 1.82) is 0 Å². The molecule has 138 valence electrons. The standard InChI is InChI=1S/C21H19ClN2O2S/c1-14(10-17-4-2-8-26-17)23-21(25)13-24-18-7-6-16(22)11-15(18)12-19(24)20-5-3-9-27-20/h2-9,11-12,14H,10,13H2,1H3,(H,23,25)/t14-/m0/s1. The van der Waals surface area contributed by atoms with Gasteiger partial charge in [0, 0.05) is 28.4 Å². The zero-order valence-corrected chi connectivity index (χ0v) is 16.4. The molecular formula is C21H19ClN2O2S. The number of hydrogen-bond donors (Lipinski definition) is 1. The summed E-state index contributed by atoms with van der Waals surface area (Å²) in [5, 5.41) is 6.82. The molecule has 0 aliphatic rings. The van der Waals surface area contributed by atoms with Crippen LogP contribution in [0.4, 0.5) is 0 Å². The first-order valence-electron chi connectivity index (χ1n) is 8.74. The van der Waals surface area contributed by atoms with Crippen LogP contribution in [-0.4, -0.2) is 16.5 Å². The third kappa shape index (κ3) is 3.94. The van der Waals surface area contributed by atoms with Crippen LogP contribution in [-0.2, 0) is 17.8 Å². The number of benzene rings is 1. The van der Waals surface area contributed by atoms with Gasteiger partial charge in [-0.15, -0.1) is 11.3 Å². The number of furan rings is 1. The minimum atomic E-state index is -0.0284. The Morgan fingerprint density at radius 3 is 2.89 bits per heavy atom. The van der Waals surface area contributed by atoms with Crippen molar-refractivity contribution in [3.8, 4) is 10.6 Å². The lowest BCUT2D eigenvalue weighted by Gasteiger charge is -2.15. The lowest BCUT2D eigenvalue weighted by atomic mass is 10.2. The van der Waals surface area contributed by atoms with Crippen molar-refractivity contribution in [2.24, 2.45) is 0 Å². The van der Waals surface area contributed by atoms with E-state index in [2.05, 4.69) is 17.4 Å². The Morgan fingerprint density at radius 1 is 1.26 bits per heavy atom. The number of halogens is 1. The monoisotopic (exact) mass is 398 g/mol. The molecule has 0 fully saturated rings. The van der Waals surface area contributed by atoms with E-state index in [9.17, 15) is 4.79 Å². The summed E-state index contributed by atoms with van der Waals surface area (Å²) in [6.45, 7) is 2.23. The quantitative estimate of drug-likeness (QED) is 0.475. The van der Waals surface area contributed by atoms with Crippen molar-refractivity contribution in [2.45, 2.75) is 25.9 Å². The minimum Gasteiger partial charge on any atom is -0.469 e. The number of carbonyl (C=O) groups is 1. The number of amides is 1. The Bertz CT molecular complexity index is 1050. The number of aromatic nitrogens is 1. The normalized spacial score (nSPS) is 12.4. The van der Waals surface area contributed by atoms with Crippen LogP contribution in [0.2, 0.25) is 5.02 Å². The van der Waals surface area contributed by atoms with Crippen molar-refractivity contribution in [2.75, 3.05) is 0 Å². The third-order valence-electron chi connectivity index (χ3n) is 4.43. The summed E-state index contributed by atoms with van der Waals surface area (Å²) in [6.07, 6.45) is 2.31. The Hall–Kier alpha value is -2.50. The van der Waals surface area contributed by atoms with Gasteiger partial charge >= 0.3 is 0 Å². The second-order valence-electron chi connectivity index (χ2n) is 6.55. The molecule has 1 atom stereocenters. The molecule has 0 unspecified atom stereocenters. The third-order valence-corrected chi connectivity index (χ3v) is 5.56. The Kier molecular flexibility index (Phi) is 5.05. The molecular weight excluding hydrogens is 380 g/mol.